The fourth-order valence-electron chi connectivity index (χ4n) is 2.59. The molecule has 138 valence electrons. The average Bonchev–Trinajstić information content (AvgIpc) is 3.09. The number of nitrogens with zero attached hydrogens (tertiary/aromatic N) is 4. The normalized spacial score (nSPS) is 10.6. The molecule has 0 bridgehead atoms. The smallest absolute Gasteiger partial charge is 0.230 e. The fraction of sp³-hybridized carbons (Fsp3) is 0.200. The monoisotopic (exact) mass is 379 g/mol. The van der Waals surface area contributed by atoms with Crippen molar-refractivity contribution in [1.82, 2.24) is 25.1 Å². The van der Waals surface area contributed by atoms with Crippen molar-refractivity contribution in [3.63, 3.8) is 0 Å². The maximum Gasteiger partial charge on any atom is 0.230 e. The van der Waals surface area contributed by atoms with Gasteiger partial charge in [-0.05, 0) is 30.2 Å². The molecule has 0 saturated carbocycles. The first-order valence-electron chi connectivity index (χ1n) is 8.57. The zero-order chi connectivity index (χ0) is 19.1. The first-order valence-corrected chi connectivity index (χ1v) is 9.56. The Balaban J connectivity index is 1.63. The summed E-state index contributed by atoms with van der Waals surface area (Å²) in [6.07, 6.45) is 5.22. The van der Waals surface area contributed by atoms with Crippen LogP contribution in [0.3, 0.4) is 0 Å². The molecule has 6 nitrogen and oxygen atoms in total. The van der Waals surface area contributed by atoms with Crippen LogP contribution >= 0.6 is 11.8 Å². The minimum absolute atomic E-state index is 0.0399. The van der Waals surface area contributed by atoms with E-state index in [1.807, 2.05) is 47.9 Å². The van der Waals surface area contributed by atoms with E-state index in [2.05, 4.69) is 27.1 Å². The summed E-state index contributed by atoms with van der Waals surface area (Å²) in [6.45, 7) is 6.93. The Kier molecular flexibility index (Phi) is 6.38. The third kappa shape index (κ3) is 4.83. The second kappa shape index (κ2) is 9.14. The molecule has 0 aliphatic heterocycles. The molecule has 1 amide bonds. The molecule has 27 heavy (non-hydrogen) atoms. The van der Waals surface area contributed by atoms with Crippen molar-refractivity contribution in [3.8, 4) is 11.4 Å². The summed E-state index contributed by atoms with van der Waals surface area (Å²) >= 11 is 1.36. The van der Waals surface area contributed by atoms with Gasteiger partial charge in [-0.2, -0.15) is 0 Å². The van der Waals surface area contributed by atoms with Gasteiger partial charge in [0.2, 0.25) is 5.91 Å². The Labute approximate surface area is 162 Å². The van der Waals surface area contributed by atoms with Crippen molar-refractivity contribution >= 4 is 17.7 Å². The van der Waals surface area contributed by atoms with Crippen molar-refractivity contribution in [1.29, 1.82) is 0 Å². The lowest BCUT2D eigenvalue weighted by Gasteiger charge is -2.09. The predicted molar refractivity (Wildman–Crippen MR) is 107 cm³/mol. The molecule has 3 rings (SSSR count). The Hall–Kier alpha value is -2.93. The molecule has 1 N–H and O–H groups in total. The molecule has 0 unspecified atom stereocenters. The van der Waals surface area contributed by atoms with Gasteiger partial charge < -0.3 is 5.32 Å². The van der Waals surface area contributed by atoms with E-state index in [0.29, 0.717) is 18.2 Å². The number of allylic oxidation sites excluding steroid dienone is 1. The van der Waals surface area contributed by atoms with Gasteiger partial charge in [-0.1, -0.05) is 42.1 Å². The predicted octanol–water partition coefficient (Wildman–Crippen LogP) is 3.24. The van der Waals surface area contributed by atoms with E-state index in [0.717, 1.165) is 22.5 Å². The number of benzene rings is 1. The van der Waals surface area contributed by atoms with E-state index in [-0.39, 0.29) is 11.7 Å². The summed E-state index contributed by atoms with van der Waals surface area (Å²) in [6, 6.07) is 11.8. The topological polar surface area (TPSA) is 72.7 Å². The highest BCUT2D eigenvalue weighted by Crippen LogP contribution is 2.23. The van der Waals surface area contributed by atoms with Crippen LogP contribution < -0.4 is 5.32 Å². The van der Waals surface area contributed by atoms with Crippen LogP contribution in [0.15, 0.2) is 66.6 Å². The maximum absolute atomic E-state index is 12.2. The second-order valence-electron chi connectivity index (χ2n) is 5.93. The zero-order valence-electron chi connectivity index (χ0n) is 15.1. The largest absolute Gasteiger partial charge is 0.351 e. The number of aryl methyl sites for hydroxylation is 1. The maximum atomic E-state index is 12.2. The van der Waals surface area contributed by atoms with Crippen molar-refractivity contribution in [3.05, 3.63) is 72.6 Å². The third-order valence-electron chi connectivity index (χ3n) is 4.04. The lowest BCUT2D eigenvalue weighted by molar-refractivity contribution is -0.118. The number of hydrogen-bond acceptors (Lipinski definition) is 5. The molecule has 0 spiro atoms. The molecular formula is C20H21N5OS. The van der Waals surface area contributed by atoms with E-state index in [9.17, 15) is 4.79 Å². The van der Waals surface area contributed by atoms with Gasteiger partial charge in [0.1, 0.15) is 0 Å². The van der Waals surface area contributed by atoms with Gasteiger partial charge in [-0.15, -0.1) is 16.8 Å². The summed E-state index contributed by atoms with van der Waals surface area (Å²) in [5.74, 6) is 0.972. The number of pyridine rings is 1. The molecule has 7 heteroatoms. The Morgan fingerprint density at radius 3 is 2.74 bits per heavy atom. The quantitative estimate of drug-likeness (QED) is 0.480. The van der Waals surface area contributed by atoms with Crippen molar-refractivity contribution in [2.75, 3.05) is 5.75 Å². The van der Waals surface area contributed by atoms with Crippen LogP contribution in [0.1, 0.15) is 11.1 Å². The number of nitrogens with one attached hydrogen (secondary N) is 1. The first kappa shape index (κ1) is 18.8. The summed E-state index contributed by atoms with van der Waals surface area (Å²) < 4.78 is 1.95. The van der Waals surface area contributed by atoms with Crippen LogP contribution in [0.25, 0.3) is 11.4 Å². The van der Waals surface area contributed by atoms with Crippen molar-refractivity contribution in [2.24, 2.45) is 0 Å². The molecule has 0 aliphatic carbocycles. The number of hydrogen-bond donors (Lipinski definition) is 1. The number of aromatic nitrogens is 4. The highest BCUT2D eigenvalue weighted by molar-refractivity contribution is 7.99. The SMILES string of the molecule is C=CCn1c(SCC(=O)NCc2ccccc2C)nnc1-c1ccncc1. The van der Waals surface area contributed by atoms with Gasteiger partial charge in [-0.3, -0.25) is 14.3 Å². The van der Waals surface area contributed by atoms with Crippen LogP contribution in [-0.2, 0) is 17.9 Å². The van der Waals surface area contributed by atoms with Gasteiger partial charge in [0.25, 0.3) is 0 Å². The van der Waals surface area contributed by atoms with E-state index >= 15 is 0 Å². The van der Waals surface area contributed by atoms with Crippen molar-refractivity contribution in [2.45, 2.75) is 25.2 Å². The summed E-state index contributed by atoms with van der Waals surface area (Å²) in [7, 11) is 0. The van der Waals surface area contributed by atoms with Crippen molar-refractivity contribution < 1.29 is 4.79 Å². The molecule has 2 heterocycles. The standard InChI is InChI=1S/C20H21N5OS/c1-3-12-25-19(16-8-10-21-11-9-16)23-24-20(25)27-14-18(26)22-13-17-7-5-4-6-15(17)2/h3-11H,1,12-14H2,2H3,(H,22,26). The van der Waals surface area contributed by atoms with Crippen LogP contribution in [0.2, 0.25) is 0 Å². The van der Waals surface area contributed by atoms with Gasteiger partial charge in [0, 0.05) is 31.0 Å². The fourth-order valence-corrected chi connectivity index (χ4v) is 3.36. The molecule has 0 fully saturated rings. The number of rotatable bonds is 8. The number of carbonyl (C=O) groups excluding carboxylic acids is 1. The number of thioether (sulfide) groups is 1. The van der Waals surface area contributed by atoms with E-state index < -0.39 is 0 Å². The second-order valence-corrected chi connectivity index (χ2v) is 6.88. The minimum Gasteiger partial charge on any atom is -0.351 e. The summed E-state index contributed by atoms with van der Waals surface area (Å²) in [4.78, 5) is 16.3. The molecule has 0 atom stereocenters. The lowest BCUT2D eigenvalue weighted by Crippen LogP contribution is -2.25. The minimum atomic E-state index is -0.0399. The molecule has 0 radical (unpaired) electrons. The number of amides is 1. The van der Waals surface area contributed by atoms with E-state index in [1.165, 1.54) is 11.8 Å². The highest BCUT2D eigenvalue weighted by Gasteiger charge is 2.14. The van der Waals surface area contributed by atoms with Crippen LogP contribution in [0.5, 0.6) is 0 Å². The molecule has 0 aliphatic rings. The van der Waals surface area contributed by atoms with E-state index in [1.54, 1.807) is 18.5 Å². The number of carbonyl (C=O) groups is 1. The van der Waals surface area contributed by atoms with Crippen LogP contribution in [0, 0.1) is 6.92 Å². The molecule has 0 saturated heterocycles. The van der Waals surface area contributed by atoms with Gasteiger partial charge in [-0.25, -0.2) is 0 Å². The average molecular weight is 379 g/mol. The zero-order valence-corrected chi connectivity index (χ0v) is 15.9. The van der Waals surface area contributed by atoms with Crippen LogP contribution in [0.4, 0.5) is 0 Å². The van der Waals surface area contributed by atoms with Crippen LogP contribution in [-0.4, -0.2) is 31.4 Å². The molecule has 3 aromatic rings. The van der Waals surface area contributed by atoms with Gasteiger partial charge in [0.05, 0.1) is 5.75 Å². The van der Waals surface area contributed by atoms with E-state index in [4.69, 9.17) is 0 Å². The Morgan fingerprint density at radius 1 is 1.22 bits per heavy atom. The Bertz CT molecular complexity index is 923. The Morgan fingerprint density at radius 2 is 2.00 bits per heavy atom. The highest BCUT2D eigenvalue weighted by atomic mass is 32.2. The van der Waals surface area contributed by atoms with Gasteiger partial charge in [0.15, 0.2) is 11.0 Å². The van der Waals surface area contributed by atoms with Gasteiger partial charge >= 0.3 is 0 Å². The summed E-state index contributed by atoms with van der Waals surface area (Å²) in [5.41, 5.74) is 3.21. The summed E-state index contributed by atoms with van der Waals surface area (Å²) in [5, 5.41) is 12.2. The third-order valence-corrected chi connectivity index (χ3v) is 5.00. The molecular weight excluding hydrogens is 358 g/mol. The molecule has 2 aromatic heterocycles. The first-order chi connectivity index (χ1) is 13.2. The molecule has 1 aromatic carbocycles. The lowest BCUT2D eigenvalue weighted by atomic mass is 10.1.